The first kappa shape index (κ1) is 6.30. The van der Waals surface area contributed by atoms with Crippen molar-refractivity contribution in [2.75, 3.05) is 0 Å². The molecule has 0 amide bonds. The van der Waals surface area contributed by atoms with E-state index in [2.05, 4.69) is 9.51 Å². The van der Waals surface area contributed by atoms with Crippen molar-refractivity contribution in [1.82, 2.24) is 4.98 Å². The maximum absolute atomic E-state index is 10.7. The van der Waals surface area contributed by atoms with E-state index >= 15 is 0 Å². The molecule has 0 bridgehead atoms. The molecule has 0 fully saturated rings. The third-order valence-electron chi connectivity index (χ3n) is 0.909. The second-order valence-corrected chi connectivity index (χ2v) is 1.72. The van der Waals surface area contributed by atoms with E-state index in [9.17, 15) is 4.79 Å². The molecule has 0 saturated heterocycles. The molecule has 0 aliphatic carbocycles. The highest BCUT2D eigenvalue weighted by molar-refractivity contribution is 7.10. The van der Waals surface area contributed by atoms with Crippen LogP contribution in [0.5, 0.6) is 5.75 Å². The van der Waals surface area contributed by atoms with Crippen LogP contribution in [0.3, 0.4) is 0 Å². The Morgan fingerprint density at radius 3 is 2.89 bits per heavy atom. The number of aromatic amines is 1. The molecule has 1 unspecified atom stereocenters. The molecular weight excluding hydrogens is 137 g/mol. The van der Waals surface area contributed by atoms with Crippen LogP contribution in [0, 0.1) is 0 Å². The van der Waals surface area contributed by atoms with Gasteiger partial charge in [0, 0.05) is 6.20 Å². The van der Waals surface area contributed by atoms with E-state index in [4.69, 9.17) is 0 Å². The third-order valence-corrected chi connectivity index (χ3v) is 1.16. The normalized spacial score (nSPS) is 9.00. The highest BCUT2D eigenvalue weighted by atomic mass is 31.0. The van der Waals surface area contributed by atoms with Crippen molar-refractivity contribution in [3.05, 3.63) is 28.7 Å². The van der Waals surface area contributed by atoms with Crippen LogP contribution in [0.1, 0.15) is 0 Å². The van der Waals surface area contributed by atoms with Gasteiger partial charge in [0.05, 0.1) is 9.47 Å². The quantitative estimate of drug-likeness (QED) is 0.583. The van der Waals surface area contributed by atoms with Gasteiger partial charge in [0.15, 0.2) is 5.75 Å². The second-order valence-electron chi connectivity index (χ2n) is 1.48. The predicted octanol–water partition coefficient (Wildman–Crippen LogP) is 0.544. The summed E-state index contributed by atoms with van der Waals surface area (Å²) < 4.78 is 4.62. The van der Waals surface area contributed by atoms with Gasteiger partial charge >= 0.3 is 0 Å². The van der Waals surface area contributed by atoms with Crippen LogP contribution < -0.4 is 10.1 Å². The summed E-state index contributed by atoms with van der Waals surface area (Å²) in [7, 11) is 2.01. The van der Waals surface area contributed by atoms with Gasteiger partial charge in [-0.15, -0.1) is 0 Å². The molecule has 1 atom stereocenters. The second kappa shape index (κ2) is 2.65. The summed E-state index contributed by atoms with van der Waals surface area (Å²) in [6.07, 6.45) is 1.55. The van der Waals surface area contributed by atoms with Gasteiger partial charge in [-0.3, -0.25) is 4.79 Å². The molecule has 0 radical (unpaired) electrons. The predicted molar refractivity (Wildman–Crippen MR) is 37.4 cm³/mol. The van der Waals surface area contributed by atoms with E-state index in [1.54, 1.807) is 18.3 Å². The van der Waals surface area contributed by atoms with E-state index in [0.29, 0.717) is 5.75 Å². The Bertz CT molecular complexity index is 245. The minimum Gasteiger partial charge on any atom is -0.475 e. The van der Waals surface area contributed by atoms with Crippen molar-refractivity contribution >= 4 is 9.47 Å². The van der Waals surface area contributed by atoms with Crippen LogP contribution in [-0.2, 0) is 0 Å². The molecule has 1 N–H and O–H groups in total. The third kappa shape index (κ3) is 1.30. The first-order valence-electron chi connectivity index (χ1n) is 2.39. The van der Waals surface area contributed by atoms with Crippen LogP contribution in [0.15, 0.2) is 23.1 Å². The average molecular weight is 143 g/mol. The summed E-state index contributed by atoms with van der Waals surface area (Å²) in [6.45, 7) is 0. The molecule has 0 aromatic carbocycles. The number of nitrogens with one attached hydrogen (secondary N) is 1. The van der Waals surface area contributed by atoms with Gasteiger partial charge in [0.2, 0.25) is 0 Å². The lowest BCUT2D eigenvalue weighted by Gasteiger charge is -1.92. The molecule has 1 aromatic rings. The first-order chi connectivity index (χ1) is 4.34. The zero-order valence-corrected chi connectivity index (χ0v) is 5.78. The molecule has 9 heavy (non-hydrogen) atoms. The molecule has 3 nitrogen and oxygen atoms in total. The molecule has 1 heterocycles. The molecule has 4 heteroatoms. The van der Waals surface area contributed by atoms with Crippen molar-refractivity contribution in [2.24, 2.45) is 0 Å². The van der Waals surface area contributed by atoms with Gasteiger partial charge in [-0.2, -0.15) is 0 Å². The smallest absolute Gasteiger partial charge is 0.290 e. The number of aromatic nitrogens is 1. The number of pyridine rings is 1. The standard InChI is InChI=1S/C5H6NO2P/c7-5-4(8-9)2-1-3-6-5/h1-3H,9H2,(H,6,7). The molecule has 48 valence electrons. The molecule has 0 aliphatic heterocycles. The van der Waals surface area contributed by atoms with Crippen LogP contribution in [0.2, 0.25) is 0 Å². The maximum Gasteiger partial charge on any atom is 0.290 e. The Kier molecular flexibility index (Phi) is 1.85. The Morgan fingerprint density at radius 2 is 2.44 bits per heavy atom. The van der Waals surface area contributed by atoms with Crippen molar-refractivity contribution in [2.45, 2.75) is 0 Å². The minimum atomic E-state index is -0.215. The van der Waals surface area contributed by atoms with Gasteiger partial charge in [-0.1, -0.05) is 0 Å². The van der Waals surface area contributed by atoms with E-state index in [1.807, 2.05) is 9.47 Å². The molecule has 1 aromatic heterocycles. The number of hydrogen-bond acceptors (Lipinski definition) is 2. The van der Waals surface area contributed by atoms with Crippen molar-refractivity contribution in [1.29, 1.82) is 0 Å². The van der Waals surface area contributed by atoms with Crippen LogP contribution >= 0.6 is 9.47 Å². The van der Waals surface area contributed by atoms with Crippen LogP contribution in [-0.4, -0.2) is 4.98 Å². The van der Waals surface area contributed by atoms with E-state index in [0.717, 1.165) is 0 Å². The fourth-order valence-electron chi connectivity index (χ4n) is 0.499. The van der Waals surface area contributed by atoms with Crippen molar-refractivity contribution in [3.8, 4) is 5.75 Å². The van der Waals surface area contributed by atoms with Gasteiger partial charge in [-0.05, 0) is 12.1 Å². The van der Waals surface area contributed by atoms with E-state index < -0.39 is 0 Å². The van der Waals surface area contributed by atoms with Gasteiger partial charge in [0.1, 0.15) is 0 Å². The van der Waals surface area contributed by atoms with Crippen molar-refractivity contribution < 1.29 is 4.52 Å². The van der Waals surface area contributed by atoms with Crippen molar-refractivity contribution in [3.63, 3.8) is 0 Å². The van der Waals surface area contributed by atoms with E-state index in [-0.39, 0.29) is 5.56 Å². The van der Waals surface area contributed by atoms with Gasteiger partial charge < -0.3 is 9.51 Å². The number of rotatable bonds is 1. The highest BCUT2D eigenvalue weighted by Crippen LogP contribution is 2.01. The summed E-state index contributed by atoms with van der Waals surface area (Å²) in [5, 5.41) is 0. The Labute approximate surface area is 54.3 Å². The lowest BCUT2D eigenvalue weighted by Crippen LogP contribution is -2.04. The summed E-state index contributed by atoms with van der Waals surface area (Å²) in [4.78, 5) is 13.1. The Balaban J connectivity index is 3.16. The van der Waals surface area contributed by atoms with Gasteiger partial charge in [-0.25, -0.2) is 0 Å². The SMILES string of the molecule is O=c1[nH]cccc1OP. The zero-order chi connectivity index (χ0) is 6.69. The largest absolute Gasteiger partial charge is 0.475 e. The maximum atomic E-state index is 10.7. The first-order valence-corrected chi connectivity index (χ1v) is 2.86. The molecule has 1 rings (SSSR count). The Morgan fingerprint density at radius 1 is 1.67 bits per heavy atom. The lowest BCUT2D eigenvalue weighted by atomic mass is 10.5. The van der Waals surface area contributed by atoms with Crippen LogP contribution in [0.4, 0.5) is 0 Å². The van der Waals surface area contributed by atoms with Gasteiger partial charge in [0.25, 0.3) is 5.56 Å². The summed E-state index contributed by atoms with van der Waals surface area (Å²) in [5.41, 5.74) is -0.215. The Hall–Kier alpha value is -0.820. The number of hydrogen-bond donors (Lipinski definition) is 1. The molecule has 0 saturated carbocycles. The zero-order valence-electron chi connectivity index (χ0n) is 4.63. The fourth-order valence-corrected chi connectivity index (χ4v) is 0.685. The molecular formula is C5H6NO2P. The highest BCUT2D eigenvalue weighted by Gasteiger charge is 1.91. The summed E-state index contributed by atoms with van der Waals surface area (Å²) in [6, 6.07) is 3.28. The topological polar surface area (TPSA) is 42.1 Å². The minimum absolute atomic E-state index is 0.215. The van der Waals surface area contributed by atoms with E-state index in [1.165, 1.54) is 0 Å². The van der Waals surface area contributed by atoms with Crippen LogP contribution in [0.25, 0.3) is 0 Å². The molecule has 0 spiro atoms. The average Bonchev–Trinajstić information content (AvgIpc) is 1.89. The molecule has 0 aliphatic rings. The summed E-state index contributed by atoms with van der Waals surface area (Å²) >= 11 is 0. The number of H-pyrrole nitrogens is 1. The summed E-state index contributed by atoms with van der Waals surface area (Å²) in [5.74, 6) is 0.308. The monoisotopic (exact) mass is 143 g/mol. The fraction of sp³-hybridized carbons (Fsp3) is 0. The lowest BCUT2D eigenvalue weighted by molar-refractivity contribution is 0.633.